The first-order valence-corrected chi connectivity index (χ1v) is 6.13. The van der Waals surface area contributed by atoms with Crippen molar-refractivity contribution in [1.29, 1.82) is 0 Å². The molecular weight excluding hydrogens is 198 g/mol. The highest BCUT2D eigenvalue weighted by Gasteiger charge is 2.36. The van der Waals surface area contributed by atoms with Crippen molar-refractivity contribution in [2.24, 2.45) is 5.92 Å². The monoisotopic (exact) mass is 219 g/mol. The fraction of sp³-hybridized carbons (Fsp3) is 0.571. The highest BCUT2D eigenvalue weighted by atomic mass is 16.3. The van der Waals surface area contributed by atoms with Gasteiger partial charge in [0.05, 0.1) is 6.54 Å². The number of hydrogen-bond acceptors (Lipinski definition) is 2. The molecule has 16 heavy (non-hydrogen) atoms. The van der Waals surface area contributed by atoms with Crippen molar-refractivity contribution in [3.63, 3.8) is 0 Å². The summed E-state index contributed by atoms with van der Waals surface area (Å²) >= 11 is 0. The van der Waals surface area contributed by atoms with Gasteiger partial charge in [0, 0.05) is 12.0 Å². The molecular formula is C14H21NO. The van der Waals surface area contributed by atoms with Gasteiger partial charge in [0.15, 0.2) is 0 Å². The van der Waals surface area contributed by atoms with Gasteiger partial charge in [0.1, 0.15) is 11.5 Å². The fourth-order valence-corrected chi connectivity index (χ4v) is 2.02. The van der Waals surface area contributed by atoms with Gasteiger partial charge in [-0.2, -0.15) is 0 Å². The van der Waals surface area contributed by atoms with Gasteiger partial charge < -0.3 is 9.73 Å². The van der Waals surface area contributed by atoms with Crippen LogP contribution in [-0.2, 0) is 6.54 Å². The van der Waals surface area contributed by atoms with Crippen molar-refractivity contribution in [3.05, 3.63) is 36.3 Å². The molecule has 0 spiro atoms. The molecule has 0 aromatic carbocycles. The van der Waals surface area contributed by atoms with E-state index < -0.39 is 0 Å². The maximum atomic E-state index is 5.82. The Morgan fingerprint density at radius 3 is 3.00 bits per heavy atom. The zero-order valence-corrected chi connectivity index (χ0v) is 10.2. The van der Waals surface area contributed by atoms with Crippen LogP contribution in [0.15, 0.2) is 29.2 Å². The van der Waals surface area contributed by atoms with E-state index in [1.807, 2.05) is 6.08 Å². The second-order valence-electron chi connectivity index (χ2n) is 4.93. The van der Waals surface area contributed by atoms with E-state index in [1.165, 1.54) is 12.2 Å². The normalized spacial score (nSPS) is 25.4. The Morgan fingerprint density at radius 2 is 2.38 bits per heavy atom. The summed E-state index contributed by atoms with van der Waals surface area (Å²) in [5.41, 5.74) is 0. The minimum atomic E-state index is 0.464. The maximum Gasteiger partial charge on any atom is 0.117 e. The highest BCUT2D eigenvalue weighted by molar-refractivity contribution is 5.17. The largest absolute Gasteiger partial charge is 0.464 e. The van der Waals surface area contributed by atoms with E-state index in [4.69, 9.17) is 4.42 Å². The lowest BCUT2D eigenvalue weighted by molar-refractivity contribution is 0.427. The van der Waals surface area contributed by atoms with Crippen molar-refractivity contribution >= 4 is 0 Å². The maximum absolute atomic E-state index is 5.82. The molecule has 1 heterocycles. The van der Waals surface area contributed by atoms with Crippen molar-refractivity contribution < 1.29 is 4.42 Å². The zero-order valence-electron chi connectivity index (χ0n) is 10.2. The van der Waals surface area contributed by atoms with E-state index in [9.17, 15) is 0 Å². The fourth-order valence-electron chi connectivity index (χ4n) is 2.02. The van der Waals surface area contributed by atoms with Crippen LogP contribution >= 0.6 is 0 Å². The van der Waals surface area contributed by atoms with E-state index in [0.29, 0.717) is 12.0 Å². The molecule has 3 atom stereocenters. The average Bonchev–Trinajstić information content (AvgIpc) is 2.80. The topological polar surface area (TPSA) is 25.2 Å². The Hall–Kier alpha value is -1.02. The molecule has 0 saturated heterocycles. The molecule has 3 unspecified atom stereocenters. The Balaban J connectivity index is 1.81. The molecule has 88 valence electrons. The summed E-state index contributed by atoms with van der Waals surface area (Å²) in [5, 5.41) is 3.42. The van der Waals surface area contributed by atoms with E-state index in [1.54, 1.807) is 0 Å². The van der Waals surface area contributed by atoms with E-state index >= 15 is 0 Å². The van der Waals surface area contributed by atoms with Gasteiger partial charge in [-0.15, -0.1) is 6.58 Å². The molecule has 2 heteroatoms. The predicted octanol–water partition coefficient (Wildman–Crippen LogP) is 3.46. The molecule has 1 fully saturated rings. The zero-order chi connectivity index (χ0) is 11.5. The molecule has 2 nitrogen and oxygen atoms in total. The van der Waals surface area contributed by atoms with Crippen LogP contribution in [0.3, 0.4) is 0 Å². The number of furan rings is 1. The molecule has 1 aromatic rings. The van der Waals surface area contributed by atoms with Gasteiger partial charge in [-0.1, -0.05) is 13.0 Å². The van der Waals surface area contributed by atoms with Gasteiger partial charge in [0.2, 0.25) is 0 Å². The molecule has 1 aliphatic rings. The molecule has 2 rings (SSSR count). The molecule has 1 saturated carbocycles. The van der Waals surface area contributed by atoms with Gasteiger partial charge >= 0.3 is 0 Å². The summed E-state index contributed by atoms with van der Waals surface area (Å²) in [6.07, 6.45) is 4.22. The van der Waals surface area contributed by atoms with Crippen molar-refractivity contribution in [3.8, 4) is 0 Å². The second kappa shape index (κ2) is 4.88. The number of rotatable bonds is 6. The summed E-state index contributed by atoms with van der Waals surface area (Å²) in [6.45, 7) is 8.99. The average molecular weight is 219 g/mol. The first-order chi connectivity index (χ1) is 7.70. The molecule has 1 aromatic heterocycles. The lowest BCUT2D eigenvalue weighted by Crippen LogP contribution is -2.24. The smallest absolute Gasteiger partial charge is 0.117 e. The minimum absolute atomic E-state index is 0.464. The van der Waals surface area contributed by atoms with Crippen LogP contribution in [0.2, 0.25) is 0 Å². The number of hydrogen-bond donors (Lipinski definition) is 1. The molecule has 0 amide bonds. The standard InChI is InChI=1S/C14H21NO/c1-4-5-11(3)15-9-12-6-7-14(16-12)13-8-10(13)2/h4,6-7,10-11,13,15H,1,5,8-9H2,2-3H3. The van der Waals surface area contributed by atoms with Gasteiger partial charge in [-0.3, -0.25) is 0 Å². The Kier molecular flexibility index (Phi) is 3.49. The van der Waals surface area contributed by atoms with Crippen LogP contribution in [0.1, 0.15) is 44.1 Å². The molecule has 0 bridgehead atoms. The van der Waals surface area contributed by atoms with Crippen molar-refractivity contribution in [2.75, 3.05) is 0 Å². The van der Waals surface area contributed by atoms with Crippen LogP contribution in [0.5, 0.6) is 0 Å². The third-order valence-electron chi connectivity index (χ3n) is 3.30. The Bertz CT molecular complexity index is 355. The molecule has 1 N–H and O–H groups in total. The lowest BCUT2D eigenvalue weighted by Gasteiger charge is -2.09. The SMILES string of the molecule is C=CCC(C)NCc1ccc(C2CC2C)o1. The van der Waals surface area contributed by atoms with Gasteiger partial charge in [-0.05, 0) is 37.8 Å². The summed E-state index contributed by atoms with van der Waals surface area (Å²) in [4.78, 5) is 0. The molecule has 0 aliphatic heterocycles. The summed E-state index contributed by atoms with van der Waals surface area (Å²) < 4.78 is 5.82. The quantitative estimate of drug-likeness (QED) is 0.741. The van der Waals surface area contributed by atoms with E-state index in [0.717, 1.165) is 24.6 Å². The molecule has 0 radical (unpaired) electrons. The second-order valence-corrected chi connectivity index (χ2v) is 4.93. The van der Waals surface area contributed by atoms with Crippen LogP contribution < -0.4 is 5.32 Å². The van der Waals surface area contributed by atoms with Crippen LogP contribution in [0.25, 0.3) is 0 Å². The van der Waals surface area contributed by atoms with Gasteiger partial charge in [0.25, 0.3) is 0 Å². The van der Waals surface area contributed by atoms with E-state index in [-0.39, 0.29) is 0 Å². The molecule has 1 aliphatic carbocycles. The first-order valence-electron chi connectivity index (χ1n) is 6.13. The third-order valence-corrected chi connectivity index (χ3v) is 3.30. The third kappa shape index (κ3) is 2.76. The Morgan fingerprint density at radius 1 is 1.62 bits per heavy atom. The van der Waals surface area contributed by atoms with Crippen LogP contribution in [0, 0.1) is 5.92 Å². The van der Waals surface area contributed by atoms with Gasteiger partial charge in [-0.25, -0.2) is 0 Å². The summed E-state index contributed by atoms with van der Waals surface area (Å²) in [5.74, 6) is 3.71. The summed E-state index contributed by atoms with van der Waals surface area (Å²) in [6, 6.07) is 4.68. The lowest BCUT2D eigenvalue weighted by atomic mass is 10.2. The van der Waals surface area contributed by atoms with Crippen molar-refractivity contribution in [1.82, 2.24) is 5.32 Å². The van der Waals surface area contributed by atoms with E-state index in [2.05, 4.69) is 37.9 Å². The van der Waals surface area contributed by atoms with Crippen molar-refractivity contribution in [2.45, 2.75) is 45.2 Å². The Labute approximate surface area is 97.7 Å². The minimum Gasteiger partial charge on any atom is -0.464 e. The van der Waals surface area contributed by atoms with Crippen LogP contribution in [0.4, 0.5) is 0 Å². The number of nitrogens with one attached hydrogen (secondary N) is 1. The summed E-state index contributed by atoms with van der Waals surface area (Å²) in [7, 11) is 0. The highest BCUT2D eigenvalue weighted by Crippen LogP contribution is 2.47. The predicted molar refractivity (Wildman–Crippen MR) is 66.3 cm³/mol. The first kappa shape index (κ1) is 11.5. The van der Waals surface area contributed by atoms with Crippen LogP contribution in [-0.4, -0.2) is 6.04 Å².